The molecule has 2 N–H and O–H groups in total. The summed E-state index contributed by atoms with van der Waals surface area (Å²) >= 11 is 5.67. The number of rotatable bonds is 5. The molecule has 0 aromatic heterocycles. The summed E-state index contributed by atoms with van der Waals surface area (Å²) in [6.07, 6.45) is 2.07. The normalized spacial score (nSPS) is 21.2. The van der Waals surface area contributed by atoms with E-state index >= 15 is 0 Å². The summed E-state index contributed by atoms with van der Waals surface area (Å²) in [5.41, 5.74) is 0.475. The molecule has 1 saturated heterocycles. The number of sulfonamides is 1. The van der Waals surface area contributed by atoms with Crippen LogP contribution < -0.4 is 10.0 Å². The molecule has 21 heavy (non-hydrogen) atoms. The quantitative estimate of drug-likeness (QED) is 0.868. The molecule has 0 radical (unpaired) electrons. The molecule has 2 atom stereocenters. The molecule has 2 unspecified atom stereocenters. The lowest BCUT2D eigenvalue weighted by atomic mass is 9.94. The highest BCUT2D eigenvalue weighted by Gasteiger charge is 2.24. The second-order valence-corrected chi connectivity index (χ2v) is 7.68. The van der Waals surface area contributed by atoms with Crippen molar-refractivity contribution in [1.82, 2.24) is 10.0 Å². The highest BCUT2D eigenvalue weighted by atomic mass is 35.5. The number of halogens is 2. The number of piperidine rings is 1. The van der Waals surface area contributed by atoms with Crippen LogP contribution in [0.2, 0.25) is 5.02 Å². The van der Waals surface area contributed by atoms with Crippen LogP contribution in [0.4, 0.5) is 4.39 Å². The highest BCUT2D eigenvalue weighted by molar-refractivity contribution is 7.88. The third kappa shape index (κ3) is 4.92. The lowest BCUT2D eigenvalue weighted by Gasteiger charge is -2.28. The Morgan fingerprint density at radius 1 is 1.52 bits per heavy atom. The second-order valence-electron chi connectivity index (χ2n) is 5.52. The van der Waals surface area contributed by atoms with Crippen molar-refractivity contribution in [3.63, 3.8) is 0 Å². The molecule has 0 saturated carbocycles. The molecule has 0 amide bonds. The average Bonchev–Trinajstić information content (AvgIpc) is 2.43. The standard InChI is InChI=1S/C14H20ClFN2O2S/c1-10(12-3-2-6-17-8-12)18-21(19,20)9-11-4-5-14(16)13(15)7-11/h4-5,7,10,12,17-18H,2-3,6,8-9H2,1H3. The average molecular weight is 335 g/mol. The molecule has 1 heterocycles. The number of hydrogen-bond donors (Lipinski definition) is 2. The van der Waals surface area contributed by atoms with Crippen molar-refractivity contribution in [1.29, 1.82) is 0 Å². The fourth-order valence-corrected chi connectivity index (χ4v) is 4.24. The Morgan fingerprint density at radius 3 is 2.90 bits per heavy atom. The van der Waals surface area contributed by atoms with Gasteiger partial charge >= 0.3 is 0 Å². The van der Waals surface area contributed by atoms with Gasteiger partial charge < -0.3 is 5.32 Å². The Balaban J connectivity index is 1.99. The Labute approximate surface area is 130 Å². The lowest BCUT2D eigenvalue weighted by Crippen LogP contribution is -2.44. The molecule has 1 aliphatic heterocycles. The Kier molecular flexibility index (Phi) is 5.60. The molecule has 0 spiro atoms. The van der Waals surface area contributed by atoms with E-state index in [-0.39, 0.29) is 16.8 Å². The van der Waals surface area contributed by atoms with Crippen LogP contribution in [0, 0.1) is 11.7 Å². The molecular formula is C14H20ClFN2O2S. The van der Waals surface area contributed by atoms with E-state index in [2.05, 4.69) is 10.0 Å². The maximum atomic E-state index is 13.1. The van der Waals surface area contributed by atoms with Crippen molar-refractivity contribution in [3.8, 4) is 0 Å². The predicted octanol–water partition coefficient (Wildman–Crippen LogP) is 2.29. The van der Waals surface area contributed by atoms with E-state index < -0.39 is 15.8 Å². The summed E-state index contributed by atoms with van der Waals surface area (Å²) in [6, 6.07) is 3.84. The summed E-state index contributed by atoms with van der Waals surface area (Å²) < 4.78 is 40.1. The molecule has 1 aromatic carbocycles. The van der Waals surface area contributed by atoms with Gasteiger partial charge in [-0.1, -0.05) is 17.7 Å². The molecule has 1 aliphatic rings. The summed E-state index contributed by atoms with van der Waals surface area (Å²) in [5.74, 6) is -0.449. The summed E-state index contributed by atoms with van der Waals surface area (Å²) in [5, 5.41) is 3.21. The molecule has 4 nitrogen and oxygen atoms in total. The summed E-state index contributed by atoms with van der Waals surface area (Å²) in [6.45, 7) is 3.70. The lowest BCUT2D eigenvalue weighted by molar-refractivity contribution is 0.320. The summed E-state index contributed by atoms with van der Waals surface area (Å²) in [7, 11) is -3.47. The van der Waals surface area contributed by atoms with Gasteiger partial charge in [0, 0.05) is 6.04 Å². The van der Waals surface area contributed by atoms with E-state index in [0.29, 0.717) is 11.5 Å². The van der Waals surface area contributed by atoms with E-state index in [0.717, 1.165) is 25.9 Å². The minimum atomic E-state index is -3.47. The van der Waals surface area contributed by atoms with Gasteiger partial charge in [-0.2, -0.15) is 0 Å². The third-order valence-corrected chi connectivity index (χ3v) is 5.48. The van der Waals surface area contributed by atoms with Crippen LogP contribution in [0.1, 0.15) is 25.3 Å². The number of nitrogens with one attached hydrogen (secondary N) is 2. The molecule has 2 rings (SSSR count). The minimum Gasteiger partial charge on any atom is -0.316 e. The van der Waals surface area contributed by atoms with Gasteiger partial charge in [-0.15, -0.1) is 0 Å². The molecular weight excluding hydrogens is 315 g/mol. The summed E-state index contributed by atoms with van der Waals surface area (Å²) in [4.78, 5) is 0. The van der Waals surface area contributed by atoms with Gasteiger partial charge in [0.1, 0.15) is 5.82 Å². The minimum absolute atomic E-state index is 0.0628. The Hall–Kier alpha value is -0.690. The molecule has 7 heteroatoms. The smallest absolute Gasteiger partial charge is 0.216 e. The van der Waals surface area contributed by atoms with Crippen LogP contribution in [0.3, 0.4) is 0 Å². The van der Waals surface area contributed by atoms with Crippen molar-refractivity contribution < 1.29 is 12.8 Å². The predicted molar refractivity (Wildman–Crippen MR) is 82.2 cm³/mol. The first-order valence-corrected chi connectivity index (χ1v) is 9.05. The zero-order valence-electron chi connectivity index (χ0n) is 11.9. The van der Waals surface area contributed by atoms with Crippen molar-refractivity contribution in [2.45, 2.75) is 31.6 Å². The SMILES string of the molecule is CC(NS(=O)(=O)Cc1ccc(F)c(Cl)c1)C1CCCNC1. The molecule has 1 aromatic rings. The highest BCUT2D eigenvalue weighted by Crippen LogP contribution is 2.19. The fraction of sp³-hybridized carbons (Fsp3) is 0.571. The first-order chi connectivity index (χ1) is 9.87. The van der Waals surface area contributed by atoms with Crippen LogP contribution in [0.5, 0.6) is 0 Å². The van der Waals surface area contributed by atoms with Gasteiger partial charge in [-0.05, 0) is 56.5 Å². The number of hydrogen-bond acceptors (Lipinski definition) is 3. The van der Waals surface area contributed by atoms with Gasteiger partial charge in [0.25, 0.3) is 0 Å². The van der Waals surface area contributed by atoms with Crippen molar-refractivity contribution in [2.75, 3.05) is 13.1 Å². The van der Waals surface area contributed by atoms with E-state index in [9.17, 15) is 12.8 Å². The topological polar surface area (TPSA) is 58.2 Å². The van der Waals surface area contributed by atoms with Crippen LogP contribution >= 0.6 is 11.6 Å². The van der Waals surface area contributed by atoms with Gasteiger partial charge in [0.15, 0.2) is 0 Å². The molecule has 1 fully saturated rings. The Morgan fingerprint density at radius 2 is 2.29 bits per heavy atom. The molecule has 0 bridgehead atoms. The fourth-order valence-electron chi connectivity index (χ4n) is 2.58. The van der Waals surface area contributed by atoms with Crippen molar-refractivity contribution in [3.05, 3.63) is 34.6 Å². The van der Waals surface area contributed by atoms with Gasteiger partial charge in [0.05, 0.1) is 10.8 Å². The molecule has 0 aliphatic carbocycles. The van der Waals surface area contributed by atoms with Gasteiger partial charge in [-0.25, -0.2) is 17.5 Å². The van der Waals surface area contributed by atoms with E-state index in [1.807, 2.05) is 6.92 Å². The third-order valence-electron chi connectivity index (χ3n) is 3.75. The van der Waals surface area contributed by atoms with Crippen LogP contribution in [-0.2, 0) is 15.8 Å². The van der Waals surface area contributed by atoms with E-state index in [4.69, 9.17) is 11.6 Å². The van der Waals surface area contributed by atoms with E-state index in [1.54, 1.807) is 0 Å². The van der Waals surface area contributed by atoms with Crippen molar-refractivity contribution in [2.24, 2.45) is 5.92 Å². The zero-order valence-corrected chi connectivity index (χ0v) is 13.5. The monoisotopic (exact) mass is 334 g/mol. The van der Waals surface area contributed by atoms with Crippen LogP contribution in [0.15, 0.2) is 18.2 Å². The van der Waals surface area contributed by atoms with Gasteiger partial charge in [0.2, 0.25) is 10.0 Å². The maximum Gasteiger partial charge on any atom is 0.216 e. The number of benzene rings is 1. The van der Waals surface area contributed by atoms with E-state index in [1.165, 1.54) is 18.2 Å². The van der Waals surface area contributed by atoms with Crippen LogP contribution in [-0.4, -0.2) is 27.5 Å². The maximum absolute atomic E-state index is 13.1. The van der Waals surface area contributed by atoms with Crippen molar-refractivity contribution >= 4 is 21.6 Å². The van der Waals surface area contributed by atoms with Crippen LogP contribution in [0.25, 0.3) is 0 Å². The first-order valence-electron chi connectivity index (χ1n) is 7.02. The zero-order chi connectivity index (χ0) is 15.5. The molecule has 118 valence electrons. The van der Waals surface area contributed by atoms with Gasteiger partial charge in [-0.3, -0.25) is 0 Å². The first kappa shape index (κ1) is 16.7. The Bertz CT molecular complexity index is 589. The second kappa shape index (κ2) is 7.05. The largest absolute Gasteiger partial charge is 0.316 e.